The van der Waals surface area contributed by atoms with Gasteiger partial charge in [0.15, 0.2) is 0 Å². The zero-order valence-electron chi connectivity index (χ0n) is 14.1. The molecule has 0 aliphatic rings. The van der Waals surface area contributed by atoms with E-state index >= 15 is 0 Å². The van der Waals surface area contributed by atoms with Crippen LogP contribution in [-0.4, -0.2) is 4.68 Å². The van der Waals surface area contributed by atoms with Gasteiger partial charge in [-0.25, -0.2) is 9.67 Å². The monoisotopic (exact) mass is 432 g/mol. The topological polar surface area (TPSA) is 43.3 Å². The molecular weight excluding hydrogens is 418 g/mol. The van der Waals surface area contributed by atoms with E-state index in [0.29, 0.717) is 4.80 Å². The molecule has 0 unspecified atom stereocenters. The summed E-state index contributed by atoms with van der Waals surface area (Å²) in [5.74, 6) is 6.10. The fourth-order valence-corrected chi connectivity index (χ4v) is 3.39. The normalized spacial score (nSPS) is 12.1. The van der Waals surface area contributed by atoms with Crippen LogP contribution in [0.1, 0.15) is 18.1 Å². The van der Waals surface area contributed by atoms with Crippen molar-refractivity contribution in [3.05, 3.63) is 68.8 Å². The lowest BCUT2D eigenvalue weighted by molar-refractivity contribution is -0.137. The number of thiazole rings is 1. The van der Waals surface area contributed by atoms with Crippen LogP contribution in [0.15, 0.2) is 52.8 Å². The van der Waals surface area contributed by atoms with Crippen molar-refractivity contribution in [2.24, 2.45) is 4.99 Å². The predicted octanol–water partition coefficient (Wildman–Crippen LogP) is 2.40. The number of benzene rings is 2. The molecule has 2 aromatic carbocycles. The van der Waals surface area contributed by atoms with Crippen LogP contribution in [-0.2, 0) is 12.6 Å². The molecule has 0 atom stereocenters. The first-order valence-corrected chi connectivity index (χ1v) is 9.01. The van der Waals surface area contributed by atoms with Gasteiger partial charge in [-0.15, -0.1) is 11.3 Å². The van der Waals surface area contributed by atoms with Crippen molar-refractivity contribution in [2.75, 3.05) is 5.84 Å². The van der Waals surface area contributed by atoms with Crippen molar-refractivity contribution >= 4 is 28.6 Å². The third-order valence-electron chi connectivity index (χ3n) is 3.89. The second-order valence-electron chi connectivity index (χ2n) is 5.60. The van der Waals surface area contributed by atoms with Crippen LogP contribution in [0.2, 0.25) is 5.02 Å². The number of halogens is 5. The molecule has 3 aromatic rings. The maximum absolute atomic E-state index is 12.9. The lowest BCUT2D eigenvalue weighted by Gasteiger charge is -2.08. The zero-order valence-corrected chi connectivity index (χ0v) is 16.4. The maximum Gasteiger partial charge on any atom is 0.416 e. The Kier molecular flexibility index (Phi) is 6.62. The van der Waals surface area contributed by atoms with Crippen LogP contribution in [0.25, 0.3) is 11.3 Å². The van der Waals surface area contributed by atoms with Gasteiger partial charge in [0.05, 0.1) is 22.0 Å². The van der Waals surface area contributed by atoms with E-state index in [4.69, 9.17) is 17.4 Å². The fraction of sp³-hybridized carbons (Fsp3) is 0.167. The Labute approximate surface area is 169 Å². The second kappa shape index (κ2) is 8.37. The number of nitrogens with zero attached hydrogens (tertiary/aromatic N) is 2. The first-order chi connectivity index (χ1) is 12.3. The highest BCUT2D eigenvalue weighted by atomic mass is 35.5. The highest BCUT2D eigenvalue weighted by molar-refractivity contribution is 7.07. The van der Waals surface area contributed by atoms with Gasteiger partial charge in [-0.3, -0.25) is 0 Å². The molecule has 0 aliphatic heterocycles. The van der Waals surface area contributed by atoms with Gasteiger partial charge in [-0.2, -0.15) is 13.2 Å². The van der Waals surface area contributed by atoms with Crippen LogP contribution in [0, 0.1) is 0 Å². The van der Waals surface area contributed by atoms with Crippen molar-refractivity contribution in [1.82, 2.24) is 4.68 Å². The van der Waals surface area contributed by atoms with Gasteiger partial charge in [0.25, 0.3) is 0 Å². The second-order valence-corrected chi connectivity index (χ2v) is 6.84. The SMILES string of the molecule is CCc1ccc(-c2csc(=Nc3cc(C(F)(F)F)ccc3Cl)n2N)cc1.[Cl-]. The number of alkyl halides is 3. The standard InChI is InChI=1S/C18H15ClF3N3S.ClH/c1-2-11-3-5-12(6-4-11)16-10-26-17(25(16)23)24-15-9-13(18(20,21)22)7-8-14(15)19;/h3-10H,2,23H2,1H3;1H/p-1. The van der Waals surface area contributed by atoms with Gasteiger partial charge in [0.2, 0.25) is 4.80 Å². The summed E-state index contributed by atoms with van der Waals surface area (Å²) in [6.45, 7) is 2.07. The number of aromatic nitrogens is 1. The van der Waals surface area contributed by atoms with E-state index in [1.165, 1.54) is 27.6 Å². The minimum Gasteiger partial charge on any atom is -1.00 e. The van der Waals surface area contributed by atoms with Crippen molar-refractivity contribution in [3.63, 3.8) is 0 Å². The molecule has 9 heteroatoms. The smallest absolute Gasteiger partial charge is 0.416 e. The van der Waals surface area contributed by atoms with Crippen LogP contribution in [0.4, 0.5) is 18.9 Å². The van der Waals surface area contributed by atoms with E-state index in [1.54, 1.807) is 5.38 Å². The first kappa shape index (κ1) is 21.3. The molecule has 0 spiro atoms. The molecule has 3 nitrogen and oxygen atoms in total. The molecule has 0 aliphatic carbocycles. The van der Waals surface area contributed by atoms with Crippen LogP contribution in [0.3, 0.4) is 0 Å². The van der Waals surface area contributed by atoms with E-state index in [2.05, 4.69) is 11.9 Å². The summed E-state index contributed by atoms with van der Waals surface area (Å²) >= 11 is 7.23. The molecule has 0 radical (unpaired) electrons. The Bertz CT molecular complexity index is 992. The van der Waals surface area contributed by atoms with Gasteiger partial charge in [-0.1, -0.05) is 42.8 Å². The van der Waals surface area contributed by atoms with Crippen LogP contribution in [0.5, 0.6) is 0 Å². The summed E-state index contributed by atoms with van der Waals surface area (Å²) in [7, 11) is 0. The largest absolute Gasteiger partial charge is 1.00 e. The van der Waals surface area contributed by atoms with E-state index in [0.717, 1.165) is 29.8 Å². The van der Waals surface area contributed by atoms with Crippen molar-refractivity contribution in [2.45, 2.75) is 19.5 Å². The number of rotatable bonds is 3. The Morgan fingerprint density at radius 3 is 2.41 bits per heavy atom. The van der Waals surface area contributed by atoms with Crippen LogP contribution >= 0.6 is 22.9 Å². The average Bonchev–Trinajstić information content (AvgIpc) is 2.96. The number of hydrogen-bond acceptors (Lipinski definition) is 3. The summed E-state index contributed by atoms with van der Waals surface area (Å²) < 4.78 is 40.0. The minimum atomic E-state index is -4.46. The van der Waals surface area contributed by atoms with Crippen molar-refractivity contribution in [3.8, 4) is 11.3 Å². The molecule has 0 amide bonds. The lowest BCUT2D eigenvalue weighted by atomic mass is 10.1. The Morgan fingerprint density at radius 2 is 1.81 bits per heavy atom. The first-order valence-electron chi connectivity index (χ1n) is 7.76. The molecule has 1 aromatic heterocycles. The number of nitrogens with two attached hydrogens (primary N) is 1. The van der Waals surface area contributed by atoms with Gasteiger partial charge in [-0.05, 0) is 30.2 Å². The Balaban J connectivity index is 0.00000261. The highest BCUT2D eigenvalue weighted by Crippen LogP contribution is 2.35. The summed E-state index contributed by atoms with van der Waals surface area (Å²) in [6, 6.07) is 10.9. The summed E-state index contributed by atoms with van der Waals surface area (Å²) in [4.78, 5) is 4.57. The zero-order chi connectivity index (χ0) is 18.9. The quantitative estimate of drug-likeness (QED) is 0.634. The van der Waals surface area contributed by atoms with E-state index in [1.807, 2.05) is 24.3 Å². The number of aryl methyl sites for hydroxylation is 1. The predicted molar refractivity (Wildman–Crippen MR) is 99.0 cm³/mol. The third-order valence-corrected chi connectivity index (χ3v) is 5.05. The Morgan fingerprint density at radius 1 is 1.15 bits per heavy atom. The fourth-order valence-electron chi connectivity index (χ4n) is 2.40. The molecule has 1 heterocycles. The third kappa shape index (κ3) is 4.66. The van der Waals surface area contributed by atoms with Crippen LogP contribution < -0.4 is 23.1 Å². The van der Waals surface area contributed by atoms with Gasteiger partial charge in [0.1, 0.15) is 0 Å². The van der Waals surface area contributed by atoms with Crippen molar-refractivity contribution < 1.29 is 25.6 Å². The number of nitrogen functional groups attached to an aromatic ring is 1. The van der Waals surface area contributed by atoms with Gasteiger partial charge < -0.3 is 18.2 Å². The molecule has 3 rings (SSSR count). The van der Waals surface area contributed by atoms with Crippen molar-refractivity contribution in [1.29, 1.82) is 0 Å². The molecule has 0 saturated carbocycles. The molecule has 0 saturated heterocycles. The van der Waals surface area contributed by atoms with E-state index in [-0.39, 0.29) is 23.1 Å². The molecule has 2 N–H and O–H groups in total. The summed E-state index contributed by atoms with van der Waals surface area (Å²) in [5.41, 5.74) is 2.04. The van der Waals surface area contributed by atoms with E-state index in [9.17, 15) is 13.2 Å². The average molecular weight is 433 g/mol. The minimum absolute atomic E-state index is 0. The summed E-state index contributed by atoms with van der Waals surface area (Å²) in [5, 5.41) is 1.93. The Hall–Kier alpha value is -1.96. The van der Waals surface area contributed by atoms with E-state index < -0.39 is 11.7 Å². The molecule has 0 fully saturated rings. The number of hydrogen-bond donors (Lipinski definition) is 1. The lowest BCUT2D eigenvalue weighted by Crippen LogP contribution is -3.00. The molecule has 27 heavy (non-hydrogen) atoms. The van der Waals surface area contributed by atoms with Gasteiger partial charge >= 0.3 is 6.18 Å². The molecule has 0 bridgehead atoms. The molecular formula is C18H15Cl2F3N3S-. The highest BCUT2D eigenvalue weighted by Gasteiger charge is 2.31. The summed E-state index contributed by atoms with van der Waals surface area (Å²) in [6.07, 6.45) is -3.53. The molecule has 144 valence electrons. The maximum atomic E-state index is 12.9. The van der Waals surface area contributed by atoms with Gasteiger partial charge in [0, 0.05) is 10.9 Å².